The summed E-state index contributed by atoms with van der Waals surface area (Å²) in [6.45, 7) is 6.11. The number of nitrogens with two attached hydrogens (primary N) is 1. The summed E-state index contributed by atoms with van der Waals surface area (Å²) in [6, 6.07) is 7.61. The number of anilines is 2. The molecule has 0 saturated carbocycles. The number of aromatic nitrogens is 1. The Morgan fingerprint density at radius 1 is 1.23 bits per heavy atom. The van der Waals surface area contributed by atoms with E-state index in [9.17, 15) is 0 Å². The highest BCUT2D eigenvalue weighted by atomic mass is 35.5. The molecule has 3 rings (SSSR count). The Hall–Kier alpha value is -1.91. The summed E-state index contributed by atoms with van der Waals surface area (Å²) in [6.07, 6.45) is 6.54. The van der Waals surface area contributed by atoms with E-state index in [-0.39, 0.29) is 0 Å². The van der Waals surface area contributed by atoms with Crippen LogP contribution in [0.15, 0.2) is 43.1 Å². The third kappa shape index (κ3) is 4.63. The molecule has 0 aliphatic carbocycles. The Morgan fingerprint density at radius 2 is 1.96 bits per heavy atom. The summed E-state index contributed by atoms with van der Waals surface area (Å²) in [5, 5.41) is 1.08. The minimum absolute atomic E-state index is 0.451. The quantitative estimate of drug-likeness (QED) is 0.704. The fourth-order valence-electron chi connectivity index (χ4n) is 3.27. The molecule has 0 atom stereocenters. The van der Waals surface area contributed by atoms with Gasteiger partial charge in [0, 0.05) is 19.2 Å². The van der Waals surface area contributed by atoms with Crippen LogP contribution in [0.5, 0.6) is 5.75 Å². The molecule has 0 spiro atoms. The molecule has 1 aliphatic heterocycles. The van der Waals surface area contributed by atoms with Crippen molar-refractivity contribution >= 4 is 34.7 Å². The first-order valence-electron chi connectivity index (χ1n) is 8.75. The lowest BCUT2D eigenvalue weighted by Gasteiger charge is -2.33. The number of ether oxygens (including phenoxy) is 1. The van der Waals surface area contributed by atoms with Crippen LogP contribution in [0.3, 0.4) is 0 Å². The second-order valence-electron chi connectivity index (χ2n) is 6.56. The topological polar surface area (TPSA) is 51.4 Å². The highest BCUT2D eigenvalue weighted by molar-refractivity contribution is 6.42. The second kappa shape index (κ2) is 8.65. The largest absolute Gasteiger partial charge is 0.489 e. The molecule has 1 aromatic heterocycles. The second-order valence-corrected chi connectivity index (χ2v) is 7.37. The molecule has 2 N–H and O–H groups in total. The van der Waals surface area contributed by atoms with Crippen LogP contribution in [-0.2, 0) is 6.42 Å². The fourth-order valence-corrected chi connectivity index (χ4v) is 3.61. The first-order valence-corrected chi connectivity index (χ1v) is 9.50. The van der Waals surface area contributed by atoms with Crippen LogP contribution in [0.2, 0.25) is 10.0 Å². The zero-order valence-electron chi connectivity index (χ0n) is 14.6. The fraction of sp³-hybridized carbons (Fsp3) is 0.350. The molecule has 1 aliphatic rings. The van der Waals surface area contributed by atoms with Gasteiger partial charge in [0.25, 0.3) is 0 Å². The SMILES string of the molecule is C=CCOc1cc(Cl)c(Cl)cc1CC1CCN(c2ccc(N)cn2)CC1. The number of hydrogen-bond donors (Lipinski definition) is 1. The lowest BCUT2D eigenvalue weighted by atomic mass is 9.90. The van der Waals surface area contributed by atoms with Crippen LogP contribution in [0.1, 0.15) is 18.4 Å². The number of nitrogens with zero attached hydrogens (tertiary/aromatic N) is 2. The van der Waals surface area contributed by atoms with Gasteiger partial charge in [-0.25, -0.2) is 4.98 Å². The molecule has 0 bridgehead atoms. The number of benzene rings is 1. The third-order valence-electron chi connectivity index (χ3n) is 4.68. The van der Waals surface area contributed by atoms with Crippen molar-refractivity contribution in [3.8, 4) is 5.75 Å². The maximum atomic E-state index is 6.22. The highest BCUT2D eigenvalue weighted by Gasteiger charge is 2.22. The van der Waals surface area contributed by atoms with Crippen LogP contribution in [0, 0.1) is 5.92 Å². The molecule has 1 fully saturated rings. The van der Waals surface area contributed by atoms with Gasteiger partial charge in [0.15, 0.2) is 0 Å². The number of pyridine rings is 1. The van der Waals surface area contributed by atoms with Crippen LogP contribution < -0.4 is 15.4 Å². The van der Waals surface area contributed by atoms with Crippen molar-refractivity contribution in [1.82, 2.24) is 4.98 Å². The average Bonchev–Trinajstić information content (AvgIpc) is 2.65. The monoisotopic (exact) mass is 391 g/mol. The van der Waals surface area contributed by atoms with Crippen molar-refractivity contribution in [3.05, 3.63) is 58.7 Å². The summed E-state index contributed by atoms with van der Waals surface area (Å²) in [5.74, 6) is 2.35. The van der Waals surface area contributed by atoms with E-state index in [2.05, 4.69) is 16.5 Å². The first kappa shape index (κ1) is 18.9. The van der Waals surface area contributed by atoms with E-state index in [1.54, 1.807) is 18.3 Å². The predicted octanol–water partition coefficient (Wildman–Crippen LogP) is 4.99. The number of nitrogen functional groups attached to an aromatic ring is 1. The van der Waals surface area contributed by atoms with Gasteiger partial charge in [-0.3, -0.25) is 0 Å². The molecule has 2 aromatic rings. The molecule has 2 heterocycles. The minimum Gasteiger partial charge on any atom is -0.489 e. The van der Waals surface area contributed by atoms with E-state index in [1.807, 2.05) is 18.2 Å². The molecule has 1 aromatic carbocycles. The molecule has 0 radical (unpaired) electrons. The van der Waals surface area contributed by atoms with Crippen molar-refractivity contribution in [2.75, 3.05) is 30.3 Å². The van der Waals surface area contributed by atoms with Gasteiger partial charge >= 0.3 is 0 Å². The molecule has 0 amide bonds. The molecule has 138 valence electrons. The number of hydrogen-bond acceptors (Lipinski definition) is 4. The zero-order chi connectivity index (χ0) is 18.5. The van der Waals surface area contributed by atoms with Gasteiger partial charge < -0.3 is 15.4 Å². The van der Waals surface area contributed by atoms with Crippen molar-refractivity contribution < 1.29 is 4.74 Å². The Labute approximate surface area is 164 Å². The van der Waals surface area contributed by atoms with Crippen molar-refractivity contribution in [3.63, 3.8) is 0 Å². The summed E-state index contributed by atoms with van der Waals surface area (Å²) < 4.78 is 5.77. The predicted molar refractivity (Wildman–Crippen MR) is 109 cm³/mol. The van der Waals surface area contributed by atoms with Crippen LogP contribution in [0.25, 0.3) is 0 Å². The van der Waals surface area contributed by atoms with Crippen LogP contribution in [0.4, 0.5) is 11.5 Å². The van der Waals surface area contributed by atoms with Crippen molar-refractivity contribution in [2.45, 2.75) is 19.3 Å². The van der Waals surface area contributed by atoms with Crippen molar-refractivity contribution in [2.24, 2.45) is 5.92 Å². The maximum absolute atomic E-state index is 6.22. The van der Waals surface area contributed by atoms with Crippen LogP contribution >= 0.6 is 23.2 Å². The lowest BCUT2D eigenvalue weighted by Crippen LogP contribution is -2.34. The lowest BCUT2D eigenvalue weighted by molar-refractivity contribution is 0.349. The molecule has 1 saturated heterocycles. The van der Waals surface area contributed by atoms with E-state index in [1.165, 1.54) is 0 Å². The van der Waals surface area contributed by atoms with E-state index in [4.69, 9.17) is 33.7 Å². The summed E-state index contributed by atoms with van der Waals surface area (Å²) in [5.41, 5.74) is 7.51. The van der Waals surface area contributed by atoms with Gasteiger partial charge in [-0.15, -0.1) is 0 Å². The molecular formula is C20H23Cl2N3O. The Kier molecular flexibility index (Phi) is 6.28. The Bertz CT molecular complexity index is 756. The van der Waals surface area contributed by atoms with Crippen molar-refractivity contribution in [1.29, 1.82) is 0 Å². The molecule has 6 heteroatoms. The smallest absolute Gasteiger partial charge is 0.128 e. The van der Waals surface area contributed by atoms with Gasteiger partial charge in [0.05, 0.1) is 21.9 Å². The zero-order valence-corrected chi connectivity index (χ0v) is 16.1. The van der Waals surface area contributed by atoms with E-state index in [0.717, 1.165) is 49.5 Å². The number of halogens is 2. The summed E-state index contributed by atoms with van der Waals surface area (Å²) in [7, 11) is 0. The highest BCUT2D eigenvalue weighted by Crippen LogP contribution is 2.34. The third-order valence-corrected chi connectivity index (χ3v) is 5.40. The van der Waals surface area contributed by atoms with Crippen LogP contribution in [-0.4, -0.2) is 24.7 Å². The Morgan fingerprint density at radius 3 is 2.62 bits per heavy atom. The van der Waals surface area contributed by atoms with E-state index >= 15 is 0 Å². The molecule has 26 heavy (non-hydrogen) atoms. The van der Waals surface area contributed by atoms with Gasteiger partial charge in [0.1, 0.15) is 18.2 Å². The molecular weight excluding hydrogens is 369 g/mol. The Balaban J connectivity index is 1.64. The standard InChI is InChI=1S/C20H23Cl2N3O/c1-2-9-26-19-12-18(22)17(21)11-15(19)10-14-5-7-25(8-6-14)20-4-3-16(23)13-24-20/h2-4,11-14H,1,5-10,23H2. The minimum atomic E-state index is 0.451. The van der Waals surface area contributed by atoms with Gasteiger partial charge in [-0.05, 0) is 48.9 Å². The number of piperidine rings is 1. The van der Waals surface area contributed by atoms with E-state index < -0.39 is 0 Å². The normalized spacial score (nSPS) is 15.1. The summed E-state index contributed by atoms with van der Waals surface area (Å²) in [4.78, 5) is 6.73. The van der Waals surface area contributed by atoms with Gasteiger partial charge in [-0.1, -0.05) is 35.9 Å². The summed E-state index contributed by atoms with van der Waals surface area (Å²) >= 11 is 12.4. The van der Waals surface area contributed by atoms with Gasteiger partial charge in [0.2, 0.25) is 0 Å². The molecule has 0 unspecified atom stereocenters. The molecule has 4 nitrogen and oxygen atoms in total. The van der Waals surface area contributed by atoms with E-state index in [0.29, 0.717) is 28.3 Å². The first-order chi connectivity index (χ1) is 12.6. The van der Waals surface area contributed by atoms with Gasteiger partial charge in [-0.2, -0.15) is 0 Å². The average molecular weight is 392 g/mol. The maximum Gasteiger partial charge on any atom is 0.128 e. The number of rotatable bonds is 6.